The quantitative estimate of drug-likeness (QED) is 0.853. The Balaban J connectivity index is 1.72. The molecule has 124 valence electrons. The minimum absolute atomic E-state index is 0.635. The third kappa shape index (κ3) is 4.21. The van der Waals surface area contributed by atoms with Crippen molar-refractivity contribution in [1.82, 2.24) is 19.8 Å². The van der Waals surface area contributed by atoms with Gasteiger partial charge in [0.1, 0.15) is 0 Å². The smallest absolute Gasteiger partial charge is 0.0956 e. The van der Waals surface area contributed by atoms with Gasteiger partial charge in [-0.1, -0.05) is 44.2 Å². The molecule has 1 aromatic carbocycles. The molecular weight excluding hydrogens is 284 g/mol. The number of imidazole rings is 1. The zero-order valence-electron chi connectivity index (χ0n) is 14.3. The van der Waals surface area contributed by atoms with E-state index in [0.29, 0.717) is 5.92 Å². The molecule has 0 spiro atoms. The molecule has 1 aliphatic rings. The van der Waals surface area contributed by atoms with Gasteiger partial charge in [-0.3, -0.25) is 4.90 Å². The lowest BCUT2D eigenvalue weighted by Gasteiger charge is -2.16. The van der Waals surface area contributed by atoms with Gasteiger partial charge in [0.2, 0.25) is 0 Å². The molecule has 4 heteroatoms. The van der Waals surface area contributed by atoms with E-state index < -0.39 is 0 Å². The Morgan fingerprint density at radius 3 is 2.70 bits per heavy atom. The van der Waals surface area contributed by atoms with Gasteiger partial charge in [-0.25, -0.2) is 4.98 Å². The fourth-order valence-electron chi connectivity index (χ4n) is 3.25. The molecule has 1 aromatic heterocycles. The summed E-state index contributed by atoms with van der Waals surface area (Å²) in [5, 5.41) is 3.39. The van der Waals surface area contributed by atoms with Crippen molar-refractivity contribution in [3.63, 3.8) is 0 Å². The van der Waals surface area contributed by atoms with Gasteiger partial charge in [-0.15, -0.1) is 0 Å². The molecule has 0 saturated carbocycles. The standard InChI is InChI=1S/C19H28N4/c1-16(2)13-18-19(17-7-4-3-5-8-17)21-15-23(18)11-6-10-22-12-9-20-14-22/h3-5,7-8,15-16,20H,6,9-14H2,1-2H3. The predicted molar refractivity (Wildman–Crippen MR) is 95.3 cm³/mol. The average molecular weight is 312 g/mol. The van der Waals surface area contributed by atoms with Gasteiger partial charge in [0.05, 0.1) is 12.0 Å². The minimum Gasteiger partial charge on any atom is -0.334 e. The summed E-state index contributed by atoms with van der Waals surface area (Å²) in [6.07, 6.45) is 4.29. The van der Waals surface area contributed by atoms with Gasteiger partial charge in [0.15, 0.2) is 0 Å². The summed E-state index contributed by atoms with van der Waals surface area (Å²) in [6.45, 7) is 10.1. The molecule has 1 N–H and O–H groups in total. The molecule has 0 atom stereocenters. The van der Waals surface area contributed by atoms with Crippen molar-refractivity contribution in [2.45, 2.75) is 33.2 Å². The zero-order valence-corrected chi connectivity index (χ0v) is 14.3. The number of nitrogens with zero attached hydrogens (tertiary/aromatic N) is 3. The Bertz CT molecular complexity index is 597. The molecule has 1 fully saturated rings. The first-order chi connectivity index (χ1) is 11.2. The van der Waals surface area contributed by atoms with E-state index in [2.05, 4.69) is 59.0 Å². The lowest BCUT2D eigenvalue weighted by molar-refractivity contribution is 0.321. The van der Waals surface area contributed by atoms with E-state index in [0.717, 1.165) is 38.4 Å². The van der Waals surface area contributed by atoms with Crippen LogP contribution in [0.5, 0.6) is 0 Å². The number of nitrogens with one attached hydrogen (secondary N) is 1. The second-order valence-corrected chi connectivity index (χ2v) is 6.83. The first-order valence-corrected chi connectivity index (χ1v) is 8.76. The minimum atomic E-state index is 0.635. The number of aromatic nitrogens is 2. The molecule has 1 saturated heterocycles. The molecule has 3 rings (SSSR count). The first kappa shape index (κ1) is 16.2. The topological polar surface area (TPSA) is 33.1 Å². The van der Waals surface area contributed by atoms with Crippen molar-refractivity contribution < 1.29 is 0 Å². The molecule has 23 heavy (non-hydrogen) atoms. The Morgan fingerprint density at radius 2 is 2.00 bits per heavy atom. The maximum Gasteiger partial charge on any atom is 0.0956 e. The molecular formula is C19H28N4. The summed E-state index contributed by atoms with van der Waals surface area (Å²) >= 11 is 0. The highest BCUT2D eigenvalue weighted by Gasteiger charge is 2.15. The summed E-state index contributed by atoms with van der Waals surface area (Å²) in [5.74, 6) is 0.635. The number of hydrogen-bond acceptors (Lipinski definition) is 3. The highest BCUT2D eigenvalue weighted by molar-refractivity contribution is 5.61. The van der Waals surface area contributed by atoms with Crippen LogP contribution in [-0.2, 0) is 13.0 Å². The van der Waals surface area contributed by atoms with E-state index in [1.54, 1.807) is 0 Å². The van der Waals surface area contributed by atoms with Gasteiger partial charge in [0.25, 0.3) is 0 Å². The molecule has 2 aromatic rings. The van der Waals surface area contributed by atoms with Crippen molar-refractivity contribution >= 4 is 0 Å². The molecule has 0 aliphatic carbocycles. The van der Waals surface area contributed by atoms with E-state index in [-0.39, 0.29) is 0 Å². The van der Waals surface area contributed by atoms with Gasteiger partial charge < -0.3 is 9.88 Å². The van der Waals surface area contributed by atoms with Crippen LogP contribution in [0, 0.1) is 5.92 Å². The van der Waals surface area contributed by atoms with Gasteiger partial charge in [-0.05, 0) is 18.8 Å². The Kier molecular flexibility index (Phi) is 5.47. The van der Waals surface area contributed by atoms with Crippen molar-refractivity contribution in [3.8, 4) is 11.3 Å². The average Bonchev–Trinajstić information content (AvgIpc) is 3.19. The lowest BCUT2D eigenvalue weighted by Crippen LogP contribution is -2.24. The van der Waals surface area contributed by atoms with Crippen LogP contribution in [0.4, 0.5) is 0 Å². The SMILES string of the molecule is CC(C)Cc1c(-c2ccccc2)ncn1CCCN1CCNC1. The summed E-state index contributed by atoms with van der Waals surface area (Å²) in [6, 6.07) is 10.6. The van der Waals surface area contributed by atoms with E-state index in [1.807, 2.05) is 6.33 Å². The first-order valence-electron chi connectivity index (χ1n) is 8.76. The third-order valence-corrected chi connectivity index (χ3v) is 4.41. The highest BCUT2D eigenvalue weighted by Crippen LogP contribution is 2.24. The van der Waals surface area contributed by atoms with E-state index in [4.69, 9.17) is 4.98 Å². The number of benzene rings is 1. The second-order valence-electron chi connectivity index (χ2n) is 6.83. The molecule has 2 heterocycles. The van der Waals surface area contributed by atoms with Gasteiger partial charge >= 0.3 is 0 Å². The highest BCUT2D eigenvalue weighted by atomic mass is 15.3. The monoisotopic (exact) mass is 312 g/mol. The van der Waals surface area contributed by atoms with Crippen LogP contribution in [0.1, 0.15) is 26.0 Å². The fraction of sp³-hybridized carbons (Fsp3) is 0.526. The normalized spacial score (nSPS) is 15.6. The van der Waals surface area contributed by atoms with Crippen molar-refractivity contribution in [3.05, 3.63) is 42.4 Å². The number of hydrogen-bond donors (Lipinski definition) is 1. The largest absolute Gasteiger partial charge is 0.334 e. The van der Waals surface area contributed by atoms with Crippen LogP contribution in [0.2, 0.25) is 0 Å². The van der Waals surface area contributed by atoms with Crippen LogP contribution in [0.25, 0.3) is 11.3 Å². The van der Waals surface area contributed by atoms with Crippen LogP contribution < -0.4 is 5.32 Å². The van der Waals surface area contributed by atoms with Crippen LogP contribution in [0.15, 0.2) is 36.7 Å². The Morgan fingerprint density at radius 1 is 1.17 bits per heavy atom. The Hall–Kier alpha value is -1.65. The summed E-state index contributed by atoms with van der Waals surface area (Å²) < 4.78 is 2.37. The van der Waals surface area contributed by atoms with Crippen molar-refractivity contribution in [2.75, 3.05) is 26.3 Å². The summed E-state index contributed by atoms with van der Waals surface area (Å²) in [7, 11) is 0. The molecule has 0 radical (unpaired) electrons. The number of aryl methyl sites for hydroxylation is 1. The van der Waals surface area contributed by atoms with E-state index in [1.165, 1.54) is 24.2 Å². The summed E-state index contributed by atoms with van der Waals surface area (Å²) in [5.41, 5.74) is 3.76. The van der Waals surface area contributed by atoms with Crippen LogP contribution >= 0.6 is 0 Å². The third-order valence-electron chi connectivity index (χ3n) is 4.41. The fourth-order valence-corrected chi connectivity index (χ4v) is 3.25. The maximum absolute atomic E-state index is 4.73. The maximum atomic E-state index is 4.73. The predicted octanol–water partition coefficient (Wildman–Crippen LogP) is 3.00. The number of rotatable bonds is 7. The Labute approximate surface area is 139 Å². The van der Waals surface area contributed by atoms with Gasteiger partial charge in [0, 0.05) is 44.1 Å². The lowest BCUT2D eigenvalue weighted by atomic mass is 10.0. The molecule has 0 amide bonds. The second kappa shape index (κ2) is 7.75. The molecule has 0 bridgehead atoms. The van der Waals surface area contributed by atoms with E-state index >= 15 is 0 Å². The molecule has 1 aliphatic heterocycles. The van der Waals surface area contributed by atoms with Crippen molar-refractivity contribution in [1.29, 1.82) is 0 Å². The molecule has 0 unspecified atom stereocenters. The van der Waals surface area contributed by atoms with E-state index in [9.17, 15) is 0 Å². The van der Waals surface area contributed by atoms with Crippen molar-refractivity contribution in [2.24, 2.45) is 5.92 Å². The van der Waals surface area contributed by atoms with Gasteiger partial charge in [-0.2, -0.15) is 0 Å². The zero-order chi connectivity index (χ0) is 16.1. The van der Waals surface area contributed by atoms with Crippen LogP contribution in [0.3, 0.4) is 0 Å². The van der Waals surface area contributed by atoms with Crippen LogP contribution in [-0.4, -0.2) is 40.8 Å². The molecule has 4 nitrogen and oxygen atoms in total. The summed E-state index contributed by atoms with van der Waals surface area (Å²) in [4.78, 5) is 7.21.